The highest BCUT2D eigenvalue weighted by molar-refractivity contribution is 7.14. The first kappa shape index (κ1) is 20.4. The second-order valence-electron chi connectivity index (χ2n) is 6.55. The van der Waals surface area contributed by atoms with Crippen LogP contribution in [0.5, 0.6) is 5.75 Å². The van der Waals surface area contributed by atoms with E-state index in [1.165, 1.54) is 17.4 Å². The molecule has 2 heterocycles. The Morgan fingerprint density at radius 3 is 2.35 bits per heavy atom. The molecule has 2 N–H and O–H groups in total. The zero-order valence-corrected chi connectivity index (χ0v) is 17.4. The Labute approximate surface area is 182 Å². The molecule has 0 saturated carbocycles. The number of furan rings is 1. The predicted octanol–water partition coefficient (Wildman–Crippen LogP) is 4.37. The van der Waals surface area contributed by atoms with Crippen LogP contribution in [0.3, 0.4) is 0 Å². The summed E-state index contributed by atoms with van der Waals surface area (Å²) < 4.78 is 11.1. The van der Waals surface area contributed by atoms with Crippen LogP contribution in [0.25, 0.3) is 11.3 Å². The SMILES string of the molecule is Cc1nc(-c2ccccc2)c(C(=O)NNC(=O)c2ccc(COc3ccccc3)o2)s1. The summed E-state index contributed by atoms with van der Waals surface area (Å²) >= 11 is 1.26. The first-order chi connectivity index (χ1) is 15.1. The topological polar surface area (TPSA) is 93.5 Å². The van der Waals surface area contributed by atoms with Crippen molar-refractivity contribution in [2.75, 3.05) is 0 Å². The van der Waals surface area contributed by atoms with Crippen molar-refractivity contribution in [2.45, 2.75) is 13.5 Å². The summed E-state index contributed by atoms with van der Waals surface area (Å²) in [7, 11) is 0. The lowest BCUT2D eigenvalue weighted by atomic mass is 10.1. The maximum Gasteiger partial charge on any atom is 0.305 e. The summed E-state index contributed by atoms with van der Waals surface area (Å²) in [5.74, 6) is 0.241. The largest absolute Gasteiger partial charge is 0.486 e. The van der Waals surface area contributed by atoms with E-state index >= 15 is 0 Å². The fraction of sp³-hybridized carbons (Fsp3) is 0.0870. The number of para-hydroxylation sites is 1. The van der Waals surface area contributed by atoms with E-state index in [4.69, 9.17) is 9.15 Å². The molecule has 0 radical (unpaired) electrons. The Morgan fingerprint density at radius 2 is 1.61 bits per heavy atom. The molecule has 0 aliphatic carbocycles. The van der Waals surface area contributed by atoms with E-state index < -0.39 is 11.8 Å². The van der Waals surface area contributed by atoms with Crippen LogP contribution in [0.4, 0.5) is 0 Å². The number of benzene rings is 2. The molecule has 7 nitrogen and oxygen atoms in total. The van der Waals surface area contributed by atoms with Crippen LogP contribution >= 0.6 is 11.3 Å². The van der Waals surface area contributed by atoms with E-state index in [1.54, 1.807) is 6.07 Å². The Morgan fingerprint density at radius 1 is 0.935 bits per heavy atom. The lowest BCUT2D eigenvalue weighted by Crippen LogP contribution is -2.41. The lowest BCUT2D eigenvalue weighted by Gasteiger charge is -2.06. The minimum absolute atomic E-state index is 0.0655. The Balaban J connectivity index is 1.36. The van der Waals surface area contributed by atoms with Crippen molar-refractivity contribution in [3.63, 3.8) is 0 Å². The summed E-state index contributed by atoms with van der Waals surface area (Å²) in [6.45, 7) is 2.01. The fourth-order valence-corrected chi connectivity index (χ4v) is 3.69. The van der Waals surface area contributed by atoms with Crippen molar-refractivity contribution in [3.8, 4) is 17.0 Å². The molecule has 156 valence electrons. The van der Waals surface area contributed by atoms with Gasteiger partial charge in [0.05, 0.1) is 10.7 Å². The molecule has 31 heavy (non-hydrogen) atoms. The third-order valence-electron chi connectivity index (χ3n) is 4.29. The molecule has 8 heteroatoms. The minimum atomic E-state index is -0.568. The first-order valence-corrected chi connectivity index (χ1v) is 10.3. The van der Waals surface area contributed by atoms with Gasteiger partial charge in [-0.3, -0.25) is 20.4 Å². The number of aryl methyl sites for hydroxylation is 1. The number of rotatable bonds is 6. The van der Waals surface area contributed by atoms with Crippen molar-refractivity contribution >= 4 is 23.2 Å². The lowest BCUT2D eigenvalue weighted by molar-refractivity contribution is 0.0830. The summed E-state index contributed by atoms with van der Waals surface area (Å²) in [4.78, 5) is 29.9. The molecule has 0 spiro atoms. The average Bonchev–Trinajstić information content (AvgIpc) is 3.44. The van der Waals surface area contributed by atoms with E-state index in [-0.39, 0.29) is 12.4 Å². The summed E-state index contributed by atoms with van der Waals surface area (Å²) in [5.41, 5.74) is 6.21. The van der Waals surface area contributed by atoms with Crippen molar-refractivity contribution in [1.29, 1.82) is 0 Å². The van der Waals surface area contributed by atoms with Crippen molar-refractivity contribution in [1.82, 2.24) is 15.8 Å². The van der Waals surface area contributed by atoms with Crippen LogP contribution in [0.1, 0.15) is 31.0 Å². The third-order valence-corrected chi connectivity index (χ3v) is 5.26. The summed E-state index contributed by atoms with van der Waals surface area (Å²) in [6.07, 6.45) is 0. The number of hydrazine groups is 1. The highest BCUT2D eigenvalue weighted by Gasteiger charge is 2.19. The van der Waals surface area contributed by atoms with Gasteiger partial charge in [0.15, 0.2) is 5.76 Å². The summed E-state index contributed by atoms with van der Waals surface area (Å²) in [5, 5.41) is 0.754. The minimum Gasteiger partial charge on any atom is -0.486 e. The fourth-order valence-electron chi connectivity index (χ4n) is 2.85. The van der Waals surface area contributed by atoms with Crippen LogP contribution in [-0.2, 0) is 6.61 Å². The van der Waals surface area contributed by atoms with Gasteiger partial charge in [-0.1, -0.05) is 48.5 Å². The van der Waals surface area contributed by atoms with Crippen molar-refractivity contribution in [2.24, 2.45) is 0 Å². The quantitative estimate of drug-likeness (QED) is 0.441. The smallest absolute Gasteiger partial charge is 0.305 e. The molecule has 2 amide bonds. The number of thiazole rings is 1. The van der Waals surface area contributed by atoms with E-state index in [1.807, 2.05) is 67.6 Å². The molecule has 0 aliphatic heterocycles. The van der Waals surface area contributed by atoms with Gasteiger partial charge in [0.25, 0.3) is 5.91 Å². The van der Waals surface area contributed by atoms with Gasteiger partial charge in [-0.25, -0.2) is 4.98 Å². The normalized spacial score (nSPS) is 10.5. The van der Waals surface area contributed by atoms with Crippen LogP contribution < -0.4 is 15.6 Å². The average molecular weight is 433 g/mol. The predicted molar refractivity (Wildman–Crippen MR) is 117 cm³/mol. The van der Waals surface area contributed by atoms with Gasteiger partial charge in [0.1, 0.15) is 23.0 Å². The van der Waals surface area contributed by atoms with E-state index in [2.05, 4.69) is 15.8 Å². The molecule has 0 bridgehead atoms. The van der Waals surface area contributed by atoms with Gasteiger partial charge in [0, 0.05) is 5.56 Å². The maximum atomic E-state index is 12.6. The molecule has 4 rings (SSSR count). The highest BCUT2D eigenvalue weighted by Crippen LogP contribution is 2.27. The van der Waals surface area contributed by atoms with Crippen LogP contribution in [0, 0.1) is 6.92 Å². The molecule has 0 aliphatic rings. The molecule has 0 saturated heterocycles. The van der Waals surface area contributed by atoms with Gasteiger partial charge < -0.3 is 9.15 Å². The van der Waals surface area contributed by atoms with E-state index in [0.29, 0.717) is 22.1 Å². The van der Waals surface area contributed by atoms with Gasteiger partial charge in [-0.2, -0.15) is 0 Å². The Hall–Kier alpha value is -3.91. The number of aromatic nitrogens is 1. The molecule has 2 aromatic heterocycles. The van der Waals surface area contributed by atoms with Gasteiger partial charge in [0.2, 0.25) is 0 Å². The maximum absolute atomic E-state index is 12.6. The highest BCUT2D eigenvalue weighted by atomic mass is 32.1. The number of nitrogens with one attached hydrogen (secondary N) is 2. The third kappa shape index (κ3) is 4.99. The second kappa shape index (κ2) is 9.27. The molecular formula is C23H19N3O4S. The standard InChI is InChI=1S/C23H19N3O4S/c1-15-24-20(16-8-4-2-5-9-16)21(31-15)23(28)26-25-22(27)19-13-12-18(30-19)14-29-17-10-6-3-7-11-17/h2-13H,14H2,1H3,(H,25,27)(H,26,28). The number of hydrogen-bond donors (Lipinski definition) is 2. The molecule has 0 fully saturated rings. The molecule has 2 aromatic carbocycles. The number of nitrogens with zero attached hydrogens (tertiary/aromatic N) is 1. The zero-order valence-electron chi connectivity index (χ0n) is 16.6. The van der Waals surface area contributed by atoms with E-state index in [0.717, 1.165) is 10.6 Å². The second-order valence-corrected chi connectivity index (χ2v) is 7.76. The van der Waals surface area contributed by atoms with Crippen LogP contribution in [0.2, 0.25) is 0 Å². The number of carbonyl (C=O) groups is 2. The summed E-state index contributed by atoms with van der Waals surface area (Å²) in [6, 6.07) is 21.9. The number of amides is 2. The number of ether oxygens (including phenoxy) is 1. The molecule has 0 unspecified atom stereocenters. The van der Waals surface area contributed by atoms with Crippen LogP contribution in [-0.4, -0.2) is 16.8 Å². The van der Waals surface area contributed by atoms with Gasteiger partial charge in [-0.05, 0) is 31.2 Å². The molecular weight excluding hydrogens is 414 g/mol. The van der Waals surface area contributed by atoms with Crippen molar-refractivity contribution in [3.05, 3.63) is 94.2 Å². The Kier molecular flexibility index (Phi) is 6.09. The van der Waals surface area contributed by atoms with Gasteiger partial charge >= 0.3 is 5.91 Å². The van der Waals surface area contributed by atoms with Crippen molar-refractivity contribution < 1.29 is 18.7 Å². The monoisotopic (exact) mass is 433 g/mol. The van der Waals surface area contributed by atoms with E-state index in [9.17, 15) is 9.59 Å². The molecule has 0 atom stereocenters. The van der Waals surface area contributed by atoms with Gasteiger partial charge in [-0.15, -0.1) is 11.3 Å². The number of carbonyl (C=O) groups excluding carboxylic acids is 2. The first-order valence-electron chi connectivity index (χ1n) is 9.50. The number of hydrogen-bond acceptors (Lipinski definition) is 6. The molecule has 4 aromatic rings. The Bertz CT molecular complexity index is 1190. The van der Waals surface area contributed by atoms with Crippen LogP contribution in [0.15, 0.2) is 77.2 Å². The zero-order chi connectivity index (χ0) is 21.6.